The van der Waals surface area contributed by atoms with Gasteiger partial charge in [0.2, 0.25) is 5.91 Å². The van der Waals surface area contributed by atoms with Crippen LogP contribution in [-0.2, 0) is 30.5 Å². The van der Waals surface area contributed by atoms with Gasteiger partial charge in [-0.25, -0.2) is 22.6 Å². The second kappa shape index (κ2) is 10.8. The number of carbonyl (C=O) groups excluding carboxylic acids is 2. The predicted octanol–water partition coefficient (Wildman–Crippen LogP) is 2.30. The molecule has 0 spiro atoms. The van der Waals surface area contributed by atoms with Crippen LogP contribution in [0.25, 0.3) is 16.9 Å². The monoisotopic (exact) mass is 612 g/mol. The summed E-state index contributed by atoms with van der Waals surface area (Å²) in [6.45, 7) is 1.55. The molecule has 1 aliphatic rings. The molecule has 1 amide bonds. The lowest BCUT2D eigenvalue weighted by molar-refractivity contribution is -0.141. The molecule has 0 atom stereocenters. The Morgan fingerprint density at radius 1 is 1.10 bits per heavy atom. The highest BCUT2D eigenvalue weighted by atomic mass is 32.2. The number of benzene rings is 2. The van der Waals surface area contributed by atoms with Crippen LogP contribution in [-0.4, -0.2) is 67.2 Å². The number of rotatable bonds is 9. The molecule has 1 saturated heterocycles. The molecule has 2 aromatic heterocycles. The van der Waals surface area contributed by atoms with E-state index in [9.17, 15) is 31.2 Å². The van der Waals surface area contributed by atoms with Gasteiger partial charge in [-0.1, -0.05) is 29.8 Å². The first-order valence-corrected chi connectivity index (χ1v) is 13.6. The molecule has 2 aromatic carbocycles. The number of nitrogens with zero attached hydrogens (tertiary/aromatic N) is 5. The molecule has 0 unspecified atom stereocenters. The molecular weight excluding hydrogens is 589 g/mol. The fourth-order valence-electron chi connectivity index (χ4n) is 3.90. The maximum absolute atomic E-state index is 13.5. The maximum atomic E-state index is 13.5. The van der Waals surface area contributed by atoms with E-state index < -0.39 is 46.7 Å². The Hall–Kier alpha value is -4.87. The number of sulfonamides is 1. The summed E-state index contributed by atoms with van der Waals surface area (Å²) in [6.07, 6.45) is -5.65. The van der Waals surface area contributed by atoms with Gasteiger partial charge in [-0.15, -0.1) is 0 Å². The molecule has 1 N–H and O–H groups in total. The number of methoxy groups -OCH3 is 1. The van der Waals surface area contributed by atoms with Crippen molar-refractivity contribution < 1.29 is 50.1 Å². The summed E-state index contributed by atoms with van der Waals surface area (Å²) in [5, 5.41) is 6.09. The van der Waals surface area contributed by atoms with Gasteiger partial charge < -0.3 is 14.3 Å². The third-order valence-electron chi connectivity index (χ3n) is 6.21. The molecule has 1 fully saturated rings. The zero-order valence-corrected chi connectivity index (χ0v) is 22.8. The van der Waals surface area contributed by atoms with E-state index in [0.717, 1.165) is 33.4 Å². The van der Waals surface area contributed by atoms with E-state index >= 15 is 0 Å². The molecule has 42 heavy (non-hydrogen) atoms. The average molecular weight is 613 g/mol. The van der Waals surface area contributed by atoms with Crippen molar-refractivity contribution in [3.8, 4) is 16.9 Å². The Morgan fingerprint density at radius 2 is 1.76 bits per heavy atom. The molecule has 1 aliphatic heterocycles. The highest BCUT2D eigenvalue weighted by Crippen LogP contribution is 2.33. The van der Waals surface area contributed by atoms with Crippen molar-refractivity contribution in [3.63, 3.8) is 0 Å². The van der Waals surface area contributed by atoms with Crippen molar-refractivity contribution >= 4 is 22.1 Å². The Kier molecular flexibility index (Phi) is 7.40. The molecule has 5 rings (SSSR count). The van der Waals surface area contributed by atoms with Crippen molar-refractivity contribution in [2.75, 3.05) is 32.0 Å². The lowest BCUT2D eigenvalue weighted by Gasteiger charge is -2.34. The lowest BCUT2D eigenvalue weighted by atomic mass is 10.0. The fraction of sp³-hybridized carbons (Fsp3) is 0.292. The van der Waals surface area contributed by atoms with E-state index in [2.05, 4.69) is 14.6 Å². The number of hydrogen-bond acceptors (Lipinski definition) is 10. The van der Waals surface area contributed by atoms with Crippen molar-refractivity contribution in [2.45, 2.75) is 18.0 Å². The number of alkyl halides is 3. The molecule has 0 aliphatic carbocycles. The minimum absolute atomic E-state index is 0.0979. The summed E-state index contributed by atoms with van der Waals surface area (Å²) in [7, 11) is -3.16. The first-order valence-electron chi connectivity index (χ1n) is 12.1. The molecule has 0 radical (unpaired) electrons. The number of nitrogens with one attached hydrogen (secondary N) is 1. The zero-order valence-electron chi connectivity index (χ0n) is 21.9. The van der Waals surface area contributed by atoms with Gasteiger partial charge in [0.05, 0.1) is 42.4 Å². The lowest BCUT2D eigenvalue weighted by Crippen LogP contribution is -2.58. The van der Waals surface area contributed by atoms with E-state index in [1.54, 1.807) is 24.3 Å². The van der Waals surface area contributed by atoms with Gasteiger partial charge in [-0.2, -0.15) is 22.9 Å². The van der Waals surface area contributed by atoms with Crippen LogP contribution in [0.1, 0.15) is 11.3 Å². The molecule has 14 nitrogen and oxygen atoms in total. The Bertz CT molecular complexity index is 1680. The molecular formula is C24H23F3N6O8S. The second-order valence-electron chi connectivity index (χ2n) is 9.14. The number of ether oxygens (including phenoxy) is 2. The van der Waals surface area contributed by atoms with E-state index in [0.29, 0.717) is 5.56 Å². The number of aromatic nitrogens is 4. The van der Waals surface area contributed by atoms with Crippen LogP contribution < -0.4 is 14.6 Å². The number of hydrogen-bond donors (Lipinski definition) is 1. The van der Waals surface area contributed by atoms with Gasteiger partial charge in [0.15, 0.2) is 5.69 Å². The van der Waals surface area contributed by atoms with Gasteiger partial charge in [0.1, 0.15) is 5.02 Å². The van der Waals surface area contributed by atoms with Crippen LogP contribution in [0.4, 0.5) is 18.0 Å². The van der Waals surface area contributed by atoms with E-state index in [1.807, 2.05) is 11.6 Å². The van der Waals surface area contributed by atoms with Gasteiger partial charge in [0.25, 0.3) is 16.8 Å². The summed E-state index contributed by atoms with van der Waals surface area (Å²) in [5.41, 5.74) is 0.649. The normalized spacial score (nSPS) is 14.0. The quantitative estimate of drug-likeness (QED) is 0.220. The highest BCUT2D eigenvalue weighted by molar-refractivity contribution is 7.90. The van der Waals surface area contributed by atoms with Crippen LogP contribution in [0.3, 0.4) is 0 Å². The van der Waals surface area contributed by atoms with Gasteiger partial charge in [0, 0.05) is 10.5 Å². The van der Waals surface area contributed by atoms with Crippen molar-refractivity contribution in [1.29, 1.82) is 0 Å². The smallest absolute Gasteiger partial charge is 0.438 e. The molecule has 3 heterocycles. The van der Waals surface area contributed by atoms with E-state index in [4.69, 9.17) is 9.47 Å². The second-order valence-corrected chi connectivity index (χ2v) is 10.8. The van der Waals surface area contributed by atoms with Crippen LogP contribution in [0.5, 0.6) is 0 Å². The van der Waals surface area contributed by atoms with Crippen molar-refractivity contribution in [3.05, 3.63) is 65.9 Å². The topological polar surface area (TPSA) is 152 Å². The van der Waals surface area contributed by atoms with Gasteiger partial charge in [-0.05, 0) is 37.3 Å². The molecule has 0 bridgehead atoms. The predicted molar refractivity (Wildman–Crippen MR) is 135 cm³/mol. The largest absolute Gasteiger partial charge is 0.510 e. The highest BCUT2D eigenvalue weighted by Gasteiger charge is 2.40. The van der Waals surface area contributed by atoms with Gasteiger partial charge >= 0.3 is 12.3 Å². The summed E-state index contributed by atoms with van der Waals surface area (Å²) < 4.78 is 82.9. The number of aryl methyl sites for hydroxylation is 1. The summed E-state index contributed by atoms with van der Waals surface area (Å²) in [4.78, 5) is 29.2. The Balaban J connectivity index is 1.23. The van der Waals surface area contributed by atoms with Crippen molar-refractivity contribution in [1.82, 2.24) is 24.5 Å². The fourth-order valence-corrected chi connectivity index (χ4v) is 4.94. The van der Waals surface area contributed by atoms with Crippen LogP contribution >= 0.6 is 0 Å². The number of carbonyl (C=O) groups is 2. The van der Waals surface area contributed by atoms with Gasteiger partial charge in [-0.3, -0.25) is 9.80 Å². The van der Waals surface area contributed by atoms with Crippen LogP contribution in [0.2, 0.25) is 0 Å². The minimum atomic E-state index is -4.69. The standard InChI is InChI=1S/C24H23F3N6O8S/c1-15-3-5-16(6-4-15)20-11-21(24(25,26)27)28-31(20)18-7-9-19(10-8-18)42(36,37)29-22(34)17-12-30(13-17)32-33(41-32)40-14-39-23(35)38-2/h3-11,17H,12-14H2,1-2H3,(H,29,34). The SMILES string of the molecule is COC(=O)OCOn1on1N1CC(C(=O)NS(=O)(=O)c2ccc(-n3nc(C(F)(F)F)cc3-c3ccc(C)cc3)cc2)C1. The van der Waals surface area contributed by atoms with E-state index in [-0.39, 0.29) is 29.4 Å². The zero-order chi connectivity index (χ0) is 30.2. The summed E-state index contributed by atoms with van der Waals surface area (Å²) >= 11 is 0. The Labute approximate surface area is 235 Å². The Morgan fingerprint density at radius 3 is 2.38 bits per heavy atom. The third kappa shape index (κ3) is 6.07. The van der Waals surface area contributed by atoms with Crippen LogP contribution in [0.15, 0.2) is 64.1 Å². The third-order valence-corrected chi connectivity index (χ3v) is 7.58. The first kappa shape index (κ1) is 28.7. The molecule has 4 aromatic rings. The molecule has 224 valence electrons. The summed E-state index contributed by atoms with van der Waals surface area (Å²) in [5.74, 6) is -1.46. The van der Waals surface area contributed by atoms with Crippen LogP contribution in [0, 0.1) is 12.8 Å². The number of halogens is 3. The minimum Gasteiger partial charge on any atom is -0.438 e. The average Bonchev–Trinajstić information content (AvgIpc) is 3.50. The maximum Gasteiger partial charge on any atom is 0.510 e. The van der Waals surface area contributed by atoms with Crippen molar-refractivity contribution in [2.24, 2.45) is 5.92 Å². The summed E-state index contributed by atoms with van der Waals surface area (Å²) in [6, 6.07) is 12.7. The van der Waals surface area contributed by atoms with E-state index in [1.165, 1.54) is 29.3 Å². The number of amides is 1. The molecule has 0 saturated carbocycles. The molecule has 18 heteroatoms. The first-order chi connectivity index (χ1) is 19.9.